The lowest BCUT2D eigenvalue weighted by Crippen LogP contribution is -2.39. The van der Waals surface area contributed by atoms with Crippen LogP contribution in [0.4, 0.5) is 8.78 Å². The Hall–Kier alpha value is -2.62. The van der Waals surface area contributed by atoms with Crippen molar-refractivity contribution in [3.63, 3.8) is 0 Å². The number of β-amino-alcohol motifs (C(OH)–C–C–N with tert-alkyl or cyclic N) is 1. The number of carbonyl (C=O) groups is 2. The molecule has 2 amide bonds. The number of fused-ring (bicyclic) bond motifs is 1. The summed E-state index contributed by atoms with van der Waals surface area (Å²) in [6, 6.07) is 1.17. The van der Waals surface area contributed by atoms with Crippen LogP contribution in [0, 0.1) is 0 Å². The number of aromatic nitrogens is 3. The first-order chi connectivity index (χ1) is 13.3. The van der Waals surface area contributed by atoms with Crippen LogP contribution in [0.15, 0.2) is 18.6 Å². The molecular weight excluding hydrogens is 372 g/mol. The summed E-state index contributed by atoms with van der Waals surface area (Å²) in [5.74, 6) is -4.10. The molecule has 0 unspecified atom stereocenters. The van der Waals surface area contributed by atoms with Gasteiger partial charge in [0.25, 0.3) is 11.8 Å². The van der Waals surface area contributed by atoms with E-state index in [9.17, 15) is 23.5 Å². The zero-order valence-corrected chi connectivity index (χ0v) is 15.5. The average Bonchev–Trinajstić information content (AvgIpc) is 2.99. The van der Waals surface area contributed by atoms with E-state index in [1.54, 1.807) is 12.3 Å². The van der Waals surface area contributed by atoms with Crippen molar-refractivity contribution in [1.82, 2.24) is 25.2 Å². The second kappa shape index (κ2) is 8.17. The van der Waals surface area contributed by atoms with Gasteiger partial charge in [0.1, 0.15) is 17.7 Å². The number of aromatic amines is 1. The predicted molar refractivity (Wildman–Crippen MR) is 96.8 cm³/mol. The van der Waals surface area contributed by atoms with Gasteiger partial charge in [-0.1, -0.05) is 6.92 Å². The first-order valence-electron chi connectivity index (χ1n) is 9.20. The first kappa shape index (κ1) is 20.1. The highest BCUT2D eigenvalue weighted by atomic mass is 19.3. The van der Waals surface area contributed by atoms with Gasteiger partial charge in [-0.15, -0.1) is 0 Å². The van der Waals surface area contributed by atoms with Crippen molar-refractivity contribution in [2.75, 3.05) is 13.1 Å². The zero-order chi connectivity index (χ0) is 20.3. The van der Waals surface area contributed by atoms with Crippen LogP contribution in [0.3, 0.4) is 0 Å². The Kier molecular flexibility index (Phi) is 5.87. The largest absolute Gasteiger partial charge is 0.391 e. The minimum atomic E-state index is -3.05. The van der Waals surface area contributed by atoms with E-state index >= 15 is 0 Å². The summed E-state index contributed by atoms with van der Waals surface area (Å²) in [6.07, 6.45) is 1.37. The van der Waals surface area contributed by atoms with Gasteiger partial charge < -0.3 is 20.3 Å². The summed E-state index contributed by atoms with van der Waals surface area (Å²) in [5, 5.41) is 13.5. The van der Waals surface area contributed by atoms with Gasteiger partial charge in [0.05, 0.1) is 12.5 Å². The molecule has 2 aromatic heterocycles. The molecule has 1 aliphatic heterocycles. The fourth-order valence-corrected chi connectivity index (χ4v) is 3.29. The molecule has 0 bridgehead atoms. The number of carbonyl (C=O) groups excluding carboxylic acids is 2. The van der Waals surface area contributed by atoms with Gasteiger partial charge in [-0.25, -0.2) is 18.7 Å². The molecule has 1 aliphatic rings. The topological polar surface area (TPSA) is 111 Å². The molecule has 2 atom stereocenters. The van der Waals surface area contributed by atoms with E-state index in [4.69, 9.17) is 0 Å². The minimum Gasteiger partial charge on any atom is -0.391 e. The summed E-state index contributed by atoms with van der Waals surface area (Å²) < 4.78 is 26.8. The molecule has 0 saturated carbocycles. The standard InChI is InChI=1S/C18H23F2N5O3/c1-2-18(19,20)7-15(27)23-12-3-4-25(9-13(26)6-12)17(28)14-5-11-8-21-10-22-16(11)24-14/h5,8,10,12-13,26H,2-4,6-7,9H2,1H3,(H,23,27)(H,21,22,24)/t12-,13-/m1/s1. The Morgan fingerprint density at radius 2 is 2.25 bits per heavy atom. The lowest BCUT2D eigenvalue weighted by atomic mass is 10.1. The maximum atomic E-state index is 13.4. The molecule has 0 aliphatic carbocycles. The number of aliphatic hydroxyl groups is 1. The fraction of sp³-hybridized carbons (Fsp3) is 0.556. The Morgan fingerprint density at radius 3 is 2.96 bits per heavy atom. The molecule has 10 heteroatoms. The van der Waals surface area contributed by atoms with E-state index in [2.05, 4.69) is 20.3 Å². The number of hydrogen-bond donors (Lipinski definition) is 3. The van der Waals surface area contributed by atoms with Gasteiger partial charge in [-0.3, -0.25) is 9.59 Å². The number of rotatable bonds is 5. The van der Waals surface area contributed by atoms with E-state index in [0.717, 1.165) is 0 Å². The van der Waals surface area contributed by atoms with Crippen molar-refractivity contribution in [1.29, 1.82) is 0 Å². The van der Waals surface area contributed by atoms with Gasteiger partial charge in [-0.2, -0.15) is 0 Å². The second-order valence-electron chi connectivity index (χ2n) is 7.09. The Bertz CT molecular complexity index is 824. The number of aliphatic hydroxyl groups excluding tert-OH is 1. The van der Waals surface area contributed by atoms with E-state index in [0.29, 0.717) is 23.1 Å². The first-order valence-corrected chi connectivity index (χ1v) is 9.20. The molecule has 1 saturated heterocycles. The number of alkyl halides is 2. The van der Waals surface area contributed by atoms with Crippen LogP contribution in [-0.2, 0) is 4.79 Å². The Balaban J connectivity index is 1.63. The van der Waals surface area contributed by atoms with Crippen LogP contribution in [0.1, 0.15) is 43.1 Å². The van der Waals surface area contributed by atoms with Crippen molar-refractivity contribution in [3.05, 3.63) is 24.3 Å². The van der Waals surface area contributed by atoms with Crippen LogP contribution in [0.2, 0.25) is 0 Å². The summed E-state index contributed by atoms with van der Waals surface area (Å²) in [7, 11) is 0. The molecule has 0 aromatic carbocycles. The zero-order valence-electron chi connectivity index (χ0n) is 15.5. The normalized spacial score (nSPS) is 20.8. The number of H-pyrrole nitrogens is 1. The van der Waals surface area contributed by atoms with Gasteiger partial charge >= 0.3 is 0 Å². The van der Waals surface area contributed by atoms with E-state index < -0.39 is 36.8 Å². The van der Waals surface area contributed by atoms with Crippen LogP contribution in [0.25, 0.3) is 11.0 Å². The Morgan fingerprint density at radius 1 is 1.46 bits per heavy atom. The summed E-state index contributed by atoms with van der Waals surface area (Å²) >= 11 is 0. The molecule has 3 rings (SSSR count). The number of halogens is 2. The molecular formula is C18H23F2N5O3. The maximum Gasteiger partial charge on any atom is 0.270 e. The lowest BCUT2D eigenvalue weighted by Gasteiger charge is -2.21. The van der Waals surface area contributed by atoms with Crippen LogP contribution in [-0.4, -0.2) is 67.9 Å². The number of hydrogen-bond acceptors (Lipinski definition) is 5. The molecule has 152 valence electrons. The van der Waals surface area contributed by atoms with E-state index in [-0.39, 0.29) is 25.4 Å². The number of amides is 2. The van der Waals surface area contributed by atoms with E-state index in [1.807, 2.05) is 0 Å². The SMILES string of the molecule is CCC(F)(F)CC(=O)N[C@@H]1CCN(C(=O)c2cc3cncnc3[nH]2)C[C@H](O)C1. The van der Waals surface area contributed by atoms with Gasteiger partial charge in [0.2, 0.25) is 5.91 Å². The molecule has 8 nitrogen and oxygen atoms in total. The molecule has 3 heterocycles. The second-order valence-corrected chi connectivity index (χ2v) is 7.09. The van der Waals surface area contributed by atoms with Gasteiger partial charge in [0.15, 0.2) is 0 Å². The minimum absolute atomic E-state index is 0.0946. The third-order valence-electron chi connectivity index (χ3n) is 4.85. The van der Waals surface area contributed by atoms with Crippen LogP contribution >= 0.6 is 0 Å². The van der Waals surface area contributed by atoms with Crippen LogP contribution in [0.5, 0.6) is 0 Å². The Labute approximate surface area is 160 Å². The van der Waals surface area contributed by atoms with Crippen LogP contribution < -0.4 is 5.32 Å². The van der Waals surface area contributed by atoms with Crippen molar-refractivity contribution < 1.29 is 23.5 Å². The summed E-state index contributed by atoms with van der Waals surface area (Å²) in [6.45, 7) is 1.70. The molecule has 28 heavy (non-hydrogen) atoms. The number of likely N-dealkylation sites (tertiary alicyclic amines) is 1. The fourth-order valence-electron chi connectivity index (χ4n) is 3.29. The monoisotopic (exact) mass is 395 g/mol. The third-order valence-corrected chi connectivity index (χ3v) is 4.85. The molecule has 2 aromatic rings. The molecule has 3 N–H and O–H groups in total. The van der Waals surface area contributed by atoms with Gasteiger partial charge in [0, 0.05) is 37.1 Å². The van der Waals surface area contributed by atoms with Crippen molar-refractivity contribution in [2.45, 2.75) is 50.7 Å². The highest BCUT2D eigenvalue weighted by Crippen LogP contribution is 2.23. The molecule has 0 radical (unpaired) electrons. The van der Waals surface area contributed by atoms with Crippen molar-refractivity contribution in [3.8, 4) is 0 Å². The van der Waals surface area contributed by atoms with Gasteiger partial charge in [-0.05, 0) is 18.9 Å². The van der Waals surface area contributed by atoms with Crippen molar-refractivity contribution in [2.24, 2.45) is 0 Å². The highest BCUT2D eigenvalue weighted by Gasteiger charge is 2.32. The molecule has 0 spiro atoms. The third kappa shape index (κ3) is 4.80. The summed E-state index contributed by atoms with van der Waals surface area (Å²) in [4.78, 5) is 37.0. The van der Waals surface area contributed by atoms with Crippen molar-refractivity contribution >= 4 is 22.8 Å². The highest BCUT2D eigenvalue weighted by molar-refractivity contribution is 5.97. The average molecular weight is 395 g/mol. The quantitative estimate of drug-likeness (QED) is 0.710. The summed E-state index contributed by atoms with van der Waals surface area (Å²) in [5.41, 5.74) is 0.864. The maximum absolute atomic E-state index is 13.4. The molecule has 1 fully saturated rings. The predicted octanol–water partition coefficient (Wildman–Crippen LogP) is 1.47. The lowest BCUT2D eigenvalue weighted by molar-refractivity contribution is -0.129. The number of nitrogens with one attached hydrogen (secondary N) is 2. The smallest absolute Gasteiger partial charge is 0.270 e. The van der Waals surface area contributed by atoms with E-state index in [1.165, 1.54) is 18.2 Å². The number of nitrogens with zero attached hydrogens (tertiary/aromatic N) is 3.